The molecule has 0 bridgehead atoms. The smallest absolute Gasteiger partial charge is 0.161 e. The summed E-state index contributed by atoms with van der Waals surface area (Å²) in [4.78, 5) is 7.38. The van der Waals surface area contributed by atoms with Crippen molar-refractivity contribution in [2.45, 2.75) is 26.2 Å². The SMILES string of the molecule is COc1ccc(-c2cn3cc(-c4ccc(N5CCCCC5)cc4)cc(C)c3n2)cc1OC. The van der Waals surface area contributed by atoms with Crippen molar-refractivity contribution >= 4 is 11.3 Å². The van der Waals surface area contributed by atoms with Gasteiger partial charge in [0.1, 0.15) is 5.65 Å². The van der Waals surface area contributed by atoms with Crippen molar-refractivity contribution < 1.29 is 9.47 Å². The molecular weight excluding hydrogens is 398 g/mol. The minimum Gasteiger partial charge on any atom is -0.493 e. The second kappa shape index (κ2) is 8.58. The highest BCUT2D eigenvalue weighted by atomic mass is 16.5. The van der Waals surface area contributed by atoms with E-state index >= 15 is 0 Å². The summed E-state index contributed by atoms with van der Waals surface area (Å²) in [6.07, 6.45) is 8.18. The van der Waals surface area contributed by atoms with Crippen LogP contribution < -0.4 is 14.4 Å². The molecule has 32 heavy (non-hydrogen) atoms. The third kappa shape index (κ3) is 3.79. The van der Waals surface area contributed by atoms with Gasteiger partial charge in [0.05, 0.1) is 19.9 Å². The summed E-state index contributed by atoms with van der Waals surface area (Å²) in [6.45, 7) is 4.45. The minimum atomic E-state index is 0.702. The lowest BCUT2D eigenvalue weighted by molar-refractivity contribution is 0.355. The monoisotopic (exact) mass is 427 g/mol. The first-order valence-corrected chi connectivity index (χ1v) is 11.2. The first-order valence-electron chi connectivity index (χ1n) is 11.2. The Labute approximate surface area is 189 Å². The van der Waals surface area contributed by atoms with E-state index in [1.54, 1.807) is 14.2 Å². The Morgan fingerprint density at radius 2 is 1.47 bits per heavy atom. The molecule has 5 heteroatoms. The Bertz CT molecular complexity index is 1240. The van der Waals surface area contributed by atoms with Gasteiger partial charge in [-0.05, 0) is 79.3 Å². The highest BCUT2D eigenvalue weighted by Crippen LogP contribution is 2.33. The number of aromatic nitrogens is 2. The van der Waals surface area contributed by atoms with E-state index in [4.69, 9.17) is 14.5 Å². The summed E-state index contributed by atoms with van der Waals surface area (Å²) < 4.78 is 12.9. The Hall–Kier alpha value is -3.47. The molecule has 0 unspecified atom stereocenters. The third-order valence-electron chi connectivity index (χ3n) is 6.34. The number of hydrogen-bond donors (Lipinski definition) is 0. The average molecular weight is 428 g/mol. The molecule has 0 atom stereocenters. The van der Waals surface area contributed by atoms with Crippen molar-refractivity contribution in [3.05, 3.63) is 66.5 Å². The molecule has 5 nitrogen and oxygen atoms in total. The average Bonchev–Trinajstić information content (AvgIpc) is 3.29. The summed E-state index contributed by atoms with van der Waals surface area (Å²) >= 11 is 0. The quantitative estimate of drug-likeness (QED) is 0.392. The standard InChI is InChI=1S/C27H29N3O2/c1-19-15-22(20-7-10-23(11-8-20)29-13-5-4-6-14-29)17-30-18-24(28-27(19)30)21-9-12-25(31-2)26(16-21)32-3/h7-12,15-18H,4-6,13-14H2,1-3H3. The van der Waals surface area contributed by atoms with Crippen LogP contribution in [0.25, 0.3) is 28.0 Å². The number of anilines is 1. The van der Waals surface area contributed by atoms with Crippen LogP contribution in [-0.2, 0) is 0 Å². The van der Waals surface area contributed by atoms with Crippen LogP contribution in [-0.4, -0.2) is 36.7 Å². The van der Waals surface area contributed by atoms with Crippen molar-refractivity contribution in [3.8, 4) is 33.9 Å². The van der Waals surface area contributed by atoms with Gasteiger partial charge in [0, 0.05) is 36.7 Å². The van der Waals surface area contributed by atoms with Gasteiger partial charge in [-0.1, -0.05) is 12.1 Å². The van der Waals surface area contributed by atoms with E-state index in [2.05, 4.69) is 58.9 Å². The first kappa shape index (κ1) is 20.4. The molecule has 3 heterocycles. The topological polar surface area (TPSA) is 39.0 Å². The lowest BCUT2D eigenvalue weighted by Gasteiger charge is -2.28. The van der Waals surface area contributed by atoms with Gasteiger partial charge in [-0.25, -0.2) is 4.98 Å². The number of methoxy groups -OCH3 is 2. The molecule has 0 spiro atoms. The van der Waals surface area contributed by atoms with Gasteiger partial charge < -0.3 is 18.8 Å². The number of rotatable bonds is 5. The summed E-state index contributed by atoms with van der Waals surface area (Å²) in [5.41, 5.74) is 7.75. The molecule has 1 aliphatic rings. The predicted molar refractivity (Wildman–Crippen MR) is 130 cm³/mol. The third-order valence-corrected chi connectivity index (χ3v) is 6.34. The number of benzene rings is 2. The fraction of sp³-hybridized carbons (Fsp3) is 0.296. The summed E-state index contributed by atoms with van der Waals surface area (Å²) in [7, 11) is 3.30. The largest absolute Gasteiger partial charge is 0.493 e. The number of imidazole rings is 1. The first-order chi connectivity index (χ1) is 15.7. The zero-order valence-corrected chi connectivity index (χ0v) is 19.0. The summed E-state index contributed by atoms with van der Waals surface area (Å²) in [5, 5.41) is 0. The van der Waals surface area contributed by atoms with Crippen molar-refractivity contribution in [2.24, 2.45) is 0 Å². The van der Waals surface area contributed by atoms with E-state index in [-0.39, 0.29) is 0 Å². The molecule has 164 valence electrons. The molecule has 5 rings (SSSR count). The summed E-state index contributed by atoms with van der Waals surface area (Å²) in [6, 6.07) is 17.1. The maximum Gasteiger partial charge on any atom is 0.161 e. The van der Waals surface area contributed by atoms with Gasteiger partial charge in [0.15, 0.2) is 11.5 Å². The zero-order chi connectivity index (χ0) is 22.1. The maximum atomic E-state index is 5.46. The Kier molecular flexibility index (Phi) is 5.48. The lowest BCUT2D eigenvalue weighted by Crippen LogP contribution is -2.29. The molecule has 2 aromatic carbocycles. The molecule has 0 radical (unpaired) electrons. The Balaban J connectivity index is 1.47. The van der Waals surface area contributed by atoms with Crippen LogP contribution in [0, 0.1) is 6.92 Å². The van der Waals surface area contributed by atoms with Crippen LogP contribution in [0.15, 0.2) is 60.9 Å². The van der Waals surface area contributed by atoms with Gasteiger partial charge in [0.25, 0.3) is 0 Å². The van der Waals surface area contributed by atoms with E-state index < -0.39 is 0 Å². The highest BCUT2D eigenvalue weighted by molar-refractivity contribution is 5.72. The minimum absolute atomic E-state index is 0.702. The Morgan fingerprint density at radius 1 is 0.750 bits per heavy atom. The van der Waals surface area contributed by atoms with E-state index in [0.717, 1.165) is 22.5 Å². The zero-order valence-electron chi connectivity index (χ0n) is 19.0. The number of aryl methyl sites for hydroxylation is 1. The van der Waals surface area contributed by atoms with Gasteiger partial charge in [-0.15, -0.1) is 0 Å². The molecule has 0 aliphatic carbocycles. The van der Waals surface area contributed by atoms with Gasteiger partial charge >= 0.3 is 0 Å². The second-order valence-corrected chi connectivity index (χ2v) is 8.43. The van der Waals surface area contributed by atoms with Crippen LogP contribution in [0.2, 0.25) is 0 Å². The number of nitrogens with zero attached hydrogens (tertiary/aromatic N) is 3. The van der Waals surface area contributed by atoms with Gasteiger partial charge in [-0.3, -0.25) is 0 Å². The van der Waals surface area contributed by atoms with Crippen LogP contribution in [0.5, 0.6) is 11.5 Å². The van der Waals surface area contributed by atoms with Crippen molar-refractivity contribution in [1.29, 1.82) is 0 Å². The molecule has 0 saturated carbocycles. The van der Waals surface area contributed by atoms with E-state index in [0.29, 0.717) is 11.5 Å². The highest BCUT2D eigenvalue weighted by Gasteiger charge is 2.13. The van der Waals surface area contributed by atoms with Crippen molar-refractivity contribution in [2.75, 3.05) is 32.2 Å². The second-order valence-electron chi connectivity index (χ2n) is 8.43. The molecule has 2 aromatic heterocycles. The number of ether oxygens (including phenoxy) is 2. The number of piperidine rings is 1. The maximum absolute atomic E-state index is 5.46. The lowest BCUT2D eigenvalue weighted by atomic mass is 10.0. The van der Waals surface area contributed by atoms with Crippen molar-refractivity contribution in [3.63, 3.8) is 0 Å². The van der Waals surface area contributed by atoms with Gasteiger partial charge in [0.2, 0.25) is 0 Å². The fourth-order valence-electron chi connectivity index (χ4n) is 4.58. The van der Waals surface area contributed by atoms with E-state index in [1.165, 1.54) is 49.2 Å². The summed E-state index contributed by atoms with van der Waals surface area (Å²) in [5.74, 6) is 1.42. The van der Waals surface area contributed by atoms with Crippen LogP contribution in [0.1, 0.15) is 24.8 Å². The fourth-order valence-corrected chi connectivity index (χ4v) is 4.58. The molecule has 1 aliphatic heterocycles. The normalized spacial score (nSPS) is 14.0. The van der Waals surface area contributed by atoms with Crippen LogP contribution >= 0.6 is 0 Å². The number of pyridine rings is 1. The van der Waals surface area contributed by atoms with Gasteiger partial charge in [-0.2, -0.15) is 0 Å². The van der Waals surface area contributed by atoms with E-state index in [9.17, 15) is 0 Å². The van der Waals surface area contributed by atoms with E-state index in [1.807, 2.05) is 18.2 Å². The van der Waals surface area contributed by atoms with Crippen LogP contribution in [0.4, 0.5) is 5.69 Å². The Morgan fingerprint density at radius 3 is 2.19 bits per heavy atom. The molecule has 1 saturated heterocycles. The number of hydrogen-bond acceptors (Lipinski definition) is 4. The number of fused-ring (bicyclic) bond motifs is 1. The van der Waals surface area contributed by atoms with Crippen LogP contribution in [0.3, 0.4) is 0 Å². The molecule has 0 N–H and O–H groups in total. The molecule has 1 fully saturated rings. The molecule has 0 amide bonds. The predicted octanol–water partition coefficient (Wildman–Crippen LogP) is 5.98. The molecule has 4 aromatic rings. The van der Waals surface area contributed by atoms with Crippen molar-refractivity contribution in [1.82, 2.24) is 9.38 Å². The molecular formula is C27H29N3O2.